The van der Waals surface area contributed by atoms with Gasteiger partial charge in [-0.2, -0.15) is 5.26 Å². The van der Waals surface area contributed by atoms with Gasteiger partial charge in [0, 0.05) is 0 Å². The molecule has 0 heterocycles. The quantitative estimate of drug-likeness (QED) is 0.454. The summed E-state index contributed by atoms with van der Waals surface area (Å²) in [4.78, 5) is 24.3. The Kier molecular flexibility index (Phi) is 5.67. The molecule has 0 unspecified atom stereocenters. The van der Waals surface area contributed by atoms with Crippen LogP contribution in [0.4, 0.5) is 0 Å². The number of benzene rings is 1. The van der Waals surface area contributed by atoms with Gasteiger partial charge in [0.25, 0.3) is 0 Å². The third-order valence-corrected chi connectivity index (χ3v) is 3.23. The van der Waals surface area contributed by atoms with E-state index >= 15 is 0 Å². The Balaban J connectivity index is 3.21. The highest BCUT2D eigenvalue weighted by molar-refractivity contribution is 6.00. The molecule has 0 aromatic heterocycles. The number of carbonyl (C=O) groups excluding carboxylic acids is 2. The van der Waals surface area contributed by atoms with Crippen molar-refractivity contribution < 1.29 is 19.1 Å². The van der Waals surface area contributed by atoms with E-state index < -0.39 is 17.4 Å². The highest BCUT2D eigenvalue weighted by Crippen LogP contribution is 2.31. The normalized spacial score (nSPS) is 10.3. The molecule has 1 aromatic carbocycles. The van der Waals surface area contributed by atoms with Crippen LogP contribution < -0.4 is 0 Å². The Hall–Kier alpha value is -2.61. The minimum Gasteiger partial charge on any atom is -0.468 e. The van der Waals surface area contributed by atoms with Gasteiger partial charge in [-0.25, -0.2) is 0 Å². The monoisotopic (exact) mass is 287 g/mol. The van der Waals surface area contributed by atoms with Crippen molar-refractivity contribution in [3.8, 4) is 6.07 Å². The third kappa shape index (κ3) is 3.48. The fourth-order valence-corrected chi connectivity index (χ4v) is 2.15. The van der Waals surface area contributed by atoms with E-state index in [-0.39, 0.29) is 12.8 Å². The number of allylic oxidation sites excluding steroid dienone is 1. The van der Waals surface area contributed by atoms with Crippen LogP contribution in [0, 0.1) is 16.7 Å². The van der Waals surface area contributed by atoms with E-state index in [1.807, 2.05) is 6.07 Å². The summed E-state index contributed by atoms with van der Waals surface area (Å²) in [6.45, 7) is 3.59. The van der Waals surface area contributed by atoms with E-state index in [9.17, 15) is 9.59 Å². The van der Waals surface area contributed by atoms with Gasteiger partial charge in [-0.15, -0.1) is 6.58 Å². The van der Waals surface area contributed by atoms with Crippen molar-refractivity contribution in [1.29, 1.82) is 5.26 Å². The zero-order valence-electron chi connectivity index (χ0n) is 12.1. The molecule has 0 spiro atoms. The zero-order valence-corrected chi connectivity index (χ0v) is 12.1. The number of methoxy groups -OCH3 is 2. The first-order chi connectivity index (χ1) is 10.0. The average molecular weight is 287 g/mol. The van der Waals surface area contributed by atoms with Crippen LogP contribution in [0.3, 0.4) is 0 Å². The standard InChI is InChI=1S/C16H17NO4/c1-4-9-16(14(18)20-2,15(19)21-3)10-12-5-7-13(11-17)8-6-12/h4-8H,1,9-10H2,2-3H3. The summed E-state index contributed by atoms with van der Waals surface area (Å²) in [6, 6.07) is 8.66. The summed E-state index contributed by atoms with van der Waals surface area (Å²) >= 11 is 0. The second kappa shape index (κ2) is 7.25. The molecule has 0 saturated heterocycles. The van der Waals surface area contributed by atoms with Crippen molar-refractivity contribution in [1.82, 2.24) is 0 Å². The highest BCUT2D eigenvalue weighted by Gasteiger charge is 2.47. The molecular weight excluding hydrogens is 270 g/mol. The molecule has 0 amide bonds. The maximum Gasteiger partial charge on any atom is 0.323 e. The Morgan fingerprint density at radius 3 is 2.14 bits per heavy atom. The molecule has 0 N–H and O–H groups in total. The Bertz CT molecular complexity index is 553. The van der Waals surface area contributed by atoms with Crippen LogP contribution in [0.5, 0.6) is 0 Å². The van der Waals surface area contributed by atoms with Crippen LogP contribution in [-0.2, 0) is 25.5 Å². The van der Waals surface area contributed by atoms with E-state index in [4.69, 9.17) is 14.7 Å². The van der Waals surface area contributed by atoms with Gasteiger partial charge in [0.05, 0.1) is 25.9 Å². The molecule has 1 aromatic rings. The Morgan fingerprint density at radius 1 is 1.24 bits per heavy atom. The lowest BCUT2D eigenvalue weighted by Gasteiger charge is -2.27. The molecule has 1 rings (SSSR count). The van der Waals surface area contributed by atoms with Gasteiger partial charge in [0.15, 0.2) is 5.41 Å². The number of nitriles is 1. The first-order valence-electron chi connectivity index (χ1n) is 6.31. The van der Waals surface area contributed by atoms with Crippen LogP contribution in [0.1, 0.15) is 17.5 Å². The summed E-state index contributed by atoms with van der Waals surface area (Å²) in [5, 5.41) is 8.79. The fourth-order valence-electron chi connectivity index (χ4n) is 2.15. The lowest BCUT2D eigenvalue weighted by Crippen LogP contribution is -2.42. The average Bonchev–Trinajstić information content (AvgIpc) is 2.53. The molecule has 0 bridgehead atoms. The highest BCUT2D eigenvalue weighted by atomic mass is 16.5. The lowest BCUT2D eigenvalue weighted by atomic mass is 9.78. The van der Waals surface area contributed by atoms with E-state index in [1.54, 1.807) is 24.3 Å². The number of hydrogen-bond donors (Lipinski definition) is 0. The van der Waals surface area contributed by atoms with Gasteiger partial charge in [0.2, 0.25) is 0 Å². The van der Waals surface area contributed by atoms with E-state index in [2.05, 4.69) is 6.58 Å². The molecule has 21 heavy (non-hydrogen) atoms. The van der Waals surface area contributed by atoms with Crippen LogP contribution in [0.25, 0.3) is 0 Å². The van der Waals surface area contributed by atoms with Gasteiger partial charge < -0.3 is 9.47 Å². The number of ether oxygens (including phenoxy) is 2. The molecule has 5 nitrogen and oxygen atoms in total. The maximum atomic E-state index is 12.1. The third-order valence-electron chi connectivity index (χ3n) is 3.23. The molecule has 0 radical (unpaired) electrons. The van der Waals surface area contributed by atoms with Crippen molar-refractivity contribution in [3.05, 3.63) is 48.0 Å². The topological polar surface area (TPSA) is 76.4 Å². The summed E-state index contributed by atoms with van der Waals surface area (Å²) < 4.78 is 9.54. The van der Waals surface area contributed by atoms with Crippen molar-refractivity contribution in [2.75, 3.05) is 14.2 Å². The first-order valence-corrected chi connectivity index (χ1v) is 6.31. The summed E-state index contributed by atoms with van der Waals surface area (Å²) in [5.41, 5.74) is -0.227. The SMILES string of the molecule is C=CCC(Cc1ccc(C#N)cc1)(C(=O)OC)C(=O)OC. The van der Waals surface area contributed by atoms with E-state index in [1.165, 1.54) is 20.3 Å². The second-order valence-electron chi connectivity index (χ2n) is 4.54. The van der Waals surface area contributed by atoms with Crippen molar-refractivity contribution in [2.45, 2.75) is 12.8 Å². The predicted octanol–water partition coefficient (Wildman–Crippen LogP) is 2.01. The number of rotatable bonds is 6. The fraction of sp³-hybridized carbons (Fsp3) is 0.312. The van der Waals surface area contributed by atoms with Gasteiger partial charge in [-0.3, -0.25) is 9.59 Å². The number of nitrogens with zero attached hydrogens (tertiary/aromatic N) is 1. The molecular formula is C16H17NO4. The first kappa shape index (κ1) is 16.4. The number of carbonyl (C=O) groups is 2. The van der Waals surface area contributed by atoms with Gasteiger partial charge in [-0.1, -0.05) is 18.2 Å². The van der Waals surface area contributed by atoms with E-state index in [0.29, 0.717) is 5.56 Å². The summed E-state index contributed by atoms with van der Waals surface area (Å²) in [6.07, 6.45) is 1.70. The van der Waals surface area contributed by atoms with Gasteiger partial charge in [-0.05, 0) is 30.5 Å². The number of hydrogen-bond acceptors (Lipinski definition) is 5. The molecule has 0 aliphatic carbocycles. The van der Waals surface area contributed by atoms with Crippen molar-refractivity contribution in [2.24, 2.45) is 5.41 Å². The van der Waals surface area contributed by atoms with Crippen molar-refractivity contribution in [3.63, 3.8) is 0 Å². The maximum absolute atomic E-state index is 12.1. The van der Waals surface area contributed by atoms with Gasteiger partial charge in [0.1, 0.15) is 0 Å². The van der Waals surface area contributed by atoms with Crippen LogP contribution >= 0.6 is 0 Å². The van der Waals surface area contributed by atoms with Crippen LogP contribution in [-0.4, -0.2) is 26.2 Å². The molecule has 0 aliphatic rings. The van der Waals surface area contributed by atoms with Gasteiger partial charge >= 0.3 is 11.9 Å². The Labute approximate surface area is 123 Å². The molecule has 110 valence electrons. The minimum absolute atomic E-state index is 0.104. The largest absolute Gasteiger partial charge is 0.468 e. The minimum atomic E-state index is -1.46. The molecule has 0 aliphatic heterocycles. The molecule has 0 fully saturated rings. The summed E-state index contributed by atoms with van der Waals surface area (Å²) in [5.74, 6) is -1.34. The Morgan fingerprint density at radius 2 is 1.76 bits per heavy atom. The second-order valence-corrected chi connectivity index (χ2v) is 4.54. The predicted molar refractivity (Wildman–Crippen MR) is 76.1 cm³/mol. The molecule has 0 atom stereocenters. The van der Waals surface area contributed by atoms with Crippen LogP contribution in [0.2, 0.25) is 0 Å². The number of esters is 2. The van der Waals surface area contributed by atoms with E-state index in [0.717, 1.165) is 5.56 Å². The van der Waals surface area contributed by atoms with Crippen LogP contribution in [0.15, 0.2) is 36.9 Å². The smallest absolute Gasteiger partial charge is 0.323 e. The van der Waals surface area contributed by atoms with Crippen molar-refractivity contribution >= 4 is 11.9 Å². The summed E-state index contributed by atoms with van der Waals surface area (Å²) in [7, 11) is 2.45. The lowest BCUT2D eigenvalue weighted by molar-refractivity contribution is -0.168. The molecule has 5 heteroatoms. The molecule has 0 saturated carbocycles. The zero-order chi connectivity index (χ0) is 15.9.